The second kappa shape index (κ2) is 7.99. The van der Waals surface area contributed by atoms with Crippen LogP contribution in [-0.4, -0.2) is 42.8 Å². The Hall–Kier alpha value is -1.91. The van der Waals surface area contributed by atoms with Gasteiger partial charge in [-0.05, 0) is 76.0 Å². The predicted molar refractivity (Wildman–Crippen MR) is 111 cm³/mol. The molecule has 1 aromatic carbocycles. The first-order valence-electron chi connectivity index (χ1n) is 10.4. The molecule has 0 radical (unpaired) electrons. The molecule has 2 saturated heterocycles. The summed E-state index contributed by atoms with van der Waals surface area (Å²) in [6.45, 7) is 11.7. The van der Waals surface area contributed by atoms with E-state index in [4.69, 9.17) is 10.5 Å². The normalized spacial score (nSPS) is 22.0. The number of hydrogen-bond donors (Lipinski definition) is 1. The average Bonchev–Trinajstić information content (AvgIpc) is 2.61. The van der Waals surface area contributed by atoms with Crippen molar-refractivity contribution in [2.75, 3.05) is 36.8 Å². The molecule has 27 heavy (non-hydrogen) atoms. The Morgan fingerprint density at radius 3 is 2.48 bits per heavy atom. The van der Waals surface area contributed by atoms with E-state index in [0.717, 1.165) is 50.6 Å². The third-order valence-electron chi connectivity index (χ3n) is 5.67. The number of amides is 1. The Kier molecular flexibility index (Phi) is 5.87. The average molecular weight is 374 g/mol. The van der Waals surface area contributed by atoms with Crippen molar-refractivity contribution in [3.8, 4) is 0 Å². The largest absolute Gasteiger partial charge is 0.444 e. The van der Waals surface area contributed by atoms with Crippen LogP contribution < -0.4 is 10.6 Å². The quantitative estimate of drug-likeness (QED) is 0.769. The fourth-order valence-corrected chi connectivity index (χ4v) is 4.22. The number of carbonyl (C=O) groups is 1. The second-order valence-electron chi connectivity index (χ2n) is 9.25. The molecule has 2 heterocycles. The van der Waals surface area contributed by atoms with Gasteiger partial charge in [-0.15, -0.1) is 0 Å². The summed E-state index contributed by atoms with van der Waals surface area (Å²) < 4.78 is 5.51. The van der Waals surface area contributed by atoms with E-state index in [2.05, 4.69) is 30.0 Å². The molecule has 0 bridgehead atoms. The van der Waals surface area contributed by atoms with Gasteiger partial charge in [-0.2, -0.15) is 0 Å². The first-order chi connectivity index (χ1) is 12.7. The number of anilines is 2. The molecule has 1 aromatic rings. The number of benzene rings is 1. The molecule has 2 N–H and O–H groups in total. The van der Waals surface area contributed by atoms with Gasteiger partial charge >= 0.3 is 6.09 Å². The van der Waals surface area contributed by atoms with E-state index in [1.165, 1.54) is 24.1 Å². The van der Waals surface area contributed by atoms with Gasteiger partial charge in [-0.25, -0.2) is 4.79 Å². The molecule has 0 aromatic heterocycles. The maximum absolute atomic E-state index is 12.3. The number of piperidine rings is 2. The van der Waals surface area contributed by atoms with Gasteiger partial charge < -0.3 is 20.3 Å². The highest BCUT2D eigenvalue weighted by Crippen LogP contribution is 2.35. The molecule has 5 nitrogen and oxygen atoms in total. The predicted octanol–water partition coefficient (Wildman–Crippen LogP) is 4.62. The Labute approximate surface area is 163 Å². The number of likely N-dealkylation sites (tertiary alicyclic amines) is 1. The molecule has 2 aliphatic heterocycles. The molecule has 0 saturated carbocycles. The summed E-state index contributed by atoms with van der Waals surface area (Å²) in [5.41, 5.74) is 9.28. The number of hydrogen-bond acceptors (Lipinski definition) is 4. The Morgan fingerprint density at radius 1 is 1.15 bits per heavy atom. The van der Waals surface area contributed by atoms with Crippen molar-refractivity contribution in [1.29, 1.82) is 0 Å². The van der Waals surface area contributed by atoms with Crippen molar-refractivity contribution >= 4 is 17.5 Å². The van der Waals surface area contributed by atoms with Gasteiger partial charge in [0, 0.05) is 26.2 Å². The van der Waals surface area contributed by atoms with E-state index < -0.39 is 5.60 Å². The van der Waals surface area contributed by atoms with Crippen LogP contribution in [0, 0.1) is 5.92 Å². The maximum Gasteiger partial charge on any atom is 0.410 e. The maximum atomic E-state index is 12.3. The summed E-state index contributed by atoms with van der Waals surface area (Å²) in [4.78, 5) is 16.6. The molecule has 0 spiro atoms. The minimum atomic E-state index is -0.439. The summed E-state index contributed by atoms with van der Waals surface area (Å²) in [6.07, 6.45) is 4.29. The molecule has 3 rings (SSSR count). The smallest absolute Gasteiger partial charge is 0.410 e. The van der Waals surface area contributed by atoms with Crippen LogP contribution in [-0.2, 0) is 4.74 Å². The molecule has 5 heteroatoms. The molecule has 1 atom stereocenters. The second-order valence-corrected chi connectivity index (χ2v) is 9.25. The number of nitrogens with two attached hydrogens (primary N) is 1. The lowest BCUT2D eigenvalue weighted by molar-refractivity contribution is 0.0205. The molecule has 1 unspecified atom stereocenters. The van der Waals surface area contributed by atoms with Crippen LogP contribution in [0.3, 0.4) is 0 Å². The van der Waals surface area contributed by atoms with Gasteiger partial charge in [-0.3, -0.25) is 0 Å². The minimum Gasteiger partial charge on any atom is -0.444 e. The van der Waals surface area contributed by atoms with Crippen LogP contribution in [0.4, 0.5) is 16.2 Å². The minimum absolute atomic E-state index is 0.193. The number of ether oxygens (including phenoxy) is 1. The zero-order chi connectivity index (χ0) is 19.6. The number of carbonyl (C=O) groups excluding carboxylic acids is 1. The monoisotopic (exact) mass is 373 g/mol. The van der Waals surface area contributed by atoms with Crippen LogP contribution >= 0.6 is 0 Å². The zero-order valence-corrected chi connectivity index (χ0v) is 17.3. The van der Waals surface area contributed by atoms with Crippen molar-refractivity contribution in [2.45, 2.75) is 64.9 Å². The first kappa shape index (κ1) is 19.8. The standard InChI is InChI=1S/C22H35N3O2/c1-16-6-5-11-25(15-16)20-14-18(7-8-19(20)23)17-9-12-24(13-10-17)21(26)27-22(2,3)4/h7-8,14,16-17H,5-6,9-13,15,23H2,1-4H3. The zero-order valence-electron chi connectivity index (χ0n) is 17.3. The highest BCUT2D eigenvalue weighted by atomic mass is 16.6. The lowest BCUT2D eigenvalue weighted by Gasteiger charge is -2.35. The van der Waals surface area contributed by atoms with Gasteiger partial charge in [0.25, 0.3) is 0 Å². The molecule has 1 amide bonds. The Balaban J connectivity index is 1.64. The van der Waals surface area contributed by atoms with Crippen molar-refractivity contribution in [3.63, 3.8) is 0 Å². The van der Waals surface area contributed by atoms with Crippen LogP contribution in [0.2, 0.25) is 0 Å². The molecular formula is C22H35N3O2. The van der Waals surface area contributed by atoms with Crippen LogP contribution in [0.25, 0.3) is 0 Å². The Morgan fingerprint density at radius 2 is 1.85 bits per heavy atom. The lowest BCUT2D eigenvalue weighted by atomic mass is 9.88. The van der Waals surface area contributed by atoms with Gasteiger partial charge in [0.1, 0.15) is 5.60 Å². The number of nitrogens with zero attached hydrogens (tertiary/aromatic N) is 2. The first-order valence-corrected chi connectivity index (χ1v) is 10.4. The topological polar surface area (TPSA) is 58.8 Å². The summed E-state index contributed by atoms with van der Waals surface area (Å²) in [5, 5.41) is 0. The van der Waals surface area contributed by atoms with Gasteiger partial charge in [0.15, 0.2) is 0 Å². The molecule has 2 aliphatic rings. The van der Waals surface area contributed by atoms with Crippen LogP contribution in [0.15, 0.2) is 18.2 Å². The third kappa shape index (κ3) is 5.08. The molecule has 2 fully saturated rings. The van der Waals surface area contributed by atoms with E-state index in [1.807, 2.05) is 25.7 Å². The van der Waals surface area contributed by atoms with Crippen molar-refractivity contribution < 1.29 is 9.53 Å². The van der Waals surface area contributed by atoms with Gasteiger partial charge in [0.2, 0.25) is 0 Å². The molecule has 150 valence electrons. The fourth-order valence-electron chi connectivity index (χ4n) is 4.22. The van der Waals surface area contributed by atoms with Crippen molar-refractivity contribution in [3.05, 3.63) is 23.8 Å². The van der Waals surface area contributed by atoms with E-state index in [0.29, 0.717) is 5.92 Å². The lowest BCUT2D eigenvalue weighted by Crippen LogP contribution is -2.41. The van der Waals surface area contributed by atoms with E-state index in [1.54, 1.807) is 0 Å². The summed E-state index contributed by atoms with van der Waals surface area (Å²) in [5.74, 6) is 1.20. The van der Waals surface area contributed by atoms with E-state index in [-0.39, 0.29) is 6.09 Å². The van der Waals surface area contributed by atoms with Crippen LogP contribution in [0.5, 0.6) is 0 Å². The highest BCUT2D eigenvalue weighted by Gasteiger charge is 2.28. The summed E-state index contributed by atoms with van der Waals surface area (Å²) in [6, 6.07) is 6.52. The van der Waals surface area contributed by atoms with E-state index >= 15 is 0 Å². The molecule has 0 aliphatic carbocycles. The van der Waals surface area contributed by atoms with Gasteiger partial charge in [-0.1, -0.05) is 13.0 Å². The van der Waals surface area contributed by atoms with Crippen molar-refractivity contribution in [1.82, 2.24) is 4.90 Å². The summed E-state index contributed by atoms with van der Waals surface area (Å²) >= 11 is 0. The highest BCUT2D eigenvalue weighted by molar-refractivity contribution is 5.70. The fraction of sp³-hybridized carbons (Fsp3) is 0.682. The van der Waals surface area contributed by atoms with Crippen LogP contribution in [0.1, 0.15) is 64.9 Å². The van der Waals surface area contributed by atoms with Crippen molar-refractivity contribution in [2.24, 2.45) is 5.92 Å². The number of nitrogen functional groups attached to an aromatic ring is 1. The van der Waals surface area contributed by atoms with Gasteiger partial charge in [0.05, 0.1) is 11.4 Å². The summed E-state index contributed by atoms with van der Waals surface area (Å²) in [7, 11) is 0. The Bertz CT molecular complexity index is 660. The third-order valence-corrected chi connectivity index (χ3v) is 5.67. The molecular weight excluding hydrogens is 338 g/mol. The number of rotatable bonds is 2. The van der Waals surface area contributed by atoms with E-state index in [9.17, 15) is 4.79 Å². The SMILES string of the molecule is CC1CCCN(c2cc(C3CCN(C(=O)OC(C)(C)C)CC3)ccc2N)C1.